The van der Waals surface area contributed by atoms with E-state index in [0.29, 0.717) is 18.8 Å². The minimum absolute atomic E-state index is 0. The number of ether oxygens (including phenoxy) is 2. The number of hydrogen-bond donors (Lipinski definition) is 1. The average molecular weight is 342 g/mol. The predicted octanol–water partition coefficient (Wildman–Crippen LogP) is 3.95. The smallest absolute Gasteiger partial charge is 0.347 e. The molecule has 0 radical (unpaired) electrons. The Morgan fingerprint density at radius 3 is 2.87 bits per heavy atom. The van der Waals surface area contributed by atoms with E-state index in [1.807, 2.05) is 19.1 Å². The largest absolute Gasteiger partial charge is 0.479 e. The van der Waals surface area contributed by atoms with Gasteiger partial charge >= 0.3 is 5.97 Å². The highest BCUT2D eigenvalue weighted by atomic mass is 35.5. The van der Waals surface area contributed by atoms with Crippen LogP contribution in [-0.2, 0) is 16.0 Å². The molecule has 4 nitrogen and oxygen atoms in total. The minimum Gasteiger partial charge on any atom is -0.479 e. The minimum atomic E-state index is -0.530. The van der Waals surface area contributed by atoms with E-state index in [4.69, 9.17) is 15.2 Å². The van der Waals surface area contributed by atoms with E-state index < -0.39 is 6.10 Å². The second kappa shape index (κ2) is 9.78. The van der Waals surface area contributed by atoms with Crippen LogP contribution < -0.4 is 10.5 Å². The SMILES string of the molecule is CCCCC(Oc1ccc2c(c1)C(N)CCC2)C(=O)OCC.Cl. The van der Waals surface area contributed by atoms with Crippen LogP contribution in [0.1, 0.15) is 63.1 Å². The lowest BCUT2D eigenvalue weighted by atomic mass is 9.88. The van der Waals surface area contributed by atoms with Crippen molar-refractivity contribution < 1.29 is 14.3 Å². The van der Waals surface area contributed by atoms with E-state index in [1.54, 1.807) is 0 Å². The number of carbonyl (C=O) groups is 1. The number of benzene rings is 1. The molecule has 130 valence electrons. The van der Waals surface area contributed by atoms with Gasteiger partial charge in [-0.05, 0) is 62.3 Å². The van der Waals surface area contributed by atoms with Crippen molar-refractivity contribution in [3.05, 3.63) is 29.3 Å². The molecule has 0 aliphatic heterocycles. The zero-order valence-electron chi connectivity index (χ0n) is 14.0. The summed E-state index contributed by atoms with van der Waals surface area (Å²) in [5.74, 6) is 0.434. The molecule has 0 saturated heterocycles. The quantitative estimate of drug-likeness (QED) is 0.763. The van der Waals surface area contributed by atoms with Gasteiger partial charge in [-0.15, -0.1) is 12.4 Å². The Bertz CT molecular complexity index is 507. The van der Waals surface area contributed by atoms with Gasteiger partial charge in [0.05, 0.1) is 6.61 Å². The number of hydrogen-bond acceptors (Lipinski definition) is 4. The van der Waals surface area contributed by atoms with Gasteiger partial charge in [-0.1, -0.05) is 19.4 Å². The zero-order valence-corrected chi connectivity index (χ0v) is 14.9. The van der Waals surface area contributed by atoms with Gasteiger partial charge in [0.2, 0.25) is 0 Å². The van der Waals surface area contributed by atoms with E-state index in [1.165, 1.54) is 5.56 Å². The summed E-state index contributed by atoms with van der Waals surface area (Å²) in [6.45, 7) is 4.28. The molecule has 23 heavy (non-hydrogen) atoms. The van der Waals surface area contributed by atoms with E-state index in [9.17, 15) is 4.79 Å². The van der Waals surface area contributed by atoms with Crippen LogP contribution in [0.15, 0.2) is 18.2 Å². The number of fused-ring (bicyclic) bond motifs is 1. The normalized spacial score (nSPS) is 17.6. The summed E-state index contributed by atoms with van der Waals surface area (Å²) < 4.78 is 11.0. The standard InChI is InChI=1S/C18H27NO3.ClH/c1-3-5-9-17(18(20)21-4-2)22-14-11-10-13-7-6-8-16(19)15(13)12-14;/h10-12,16-17H,3-9,19H2,1-2H3;1H. The molecule has 2 atom stereocenters. The van der Waals surface area contributed by atoms with Gasteiger partial charge in [-0.25, -0.2) is 4.79 Å². The first kappa shape index (κ1) is 19.8. The lowest BCUT2D eigenvalue weighted by Gasteiger charge is -2.24. The molecule has 0 heterocycles. The molecule has 1 aliphatic rings. The van der Waals surface area contributed by atoms with Gasteiger partial charge in [-0.2, -0.15) is 0 Å². The number of nitrogens with two attached hydrogens (primary N) is 1. The van der Waals surface area contributed by atoms with Crippen molar-refractivity contribution in [1.29, 1.82) is 0 Å². The first-order valence-electron chi connectivity index (χ1n) is 8.37. The number of esters is 1. The summed E-state index contributed by atoms with van der Waals surface area (Å²) in [5.41, 5.74) is 8.64. The molecule has 5 heteroatoms. The Morgan fingerprint density at radius 2 is 2.17 bits per heavy atom. The molecule has 0 amide bonds. The van der Waals surface area contributed by atoms with Gasteiger partial charge in [0.15, 0.2) is 6.10 Å². The van der Waals surface area contributed by atoms with Crippen molar-refractivity contribution in [3.63, 3.8) is 0 Å². The first-order valence-corrected chi connectivity index (χ1v) is 8.37. The number of carbonyl (C=O) groups excluding carboxylic acids is 1. The lowest BCUT2D eigenvalue weighted by molar-refractivity contribution is -0.151. The maximum Gasteiger partial charge on any atom is 0.347 e. The summed E-state index contributed by atoms with van der Waals surface area (Å²) >= 11 is 0. The summed E-state index contributed by atoms with van der Waals surface area (Å²) in [4.78, 5) is 12.0. The zero-order chi connectivity index (χ0) is 15.9. The Morgan fingerprint density at radius 1 is 1.39 bits per heavy atom. The Labute approximate surface area is 145 Å². The topological polar surface area (TPSA) is 61.5 Å². The van der Waals surface area contributed by atoms with Gasteiger partial charge in [0.25, 0.3) is 0 Å². The number of halogens is 1. The maximum atomic E-state index is 12.0. The molecule has 0 saturated carbocycles. The van der Waals surface area contributed by atoms with Crippen LogP contribution in [-0.4, -0.2) is 18.7 Å². The fraction of sp³-hybridized carbons (Fsp3) is 0.611. The van der Waals surface area contributed by atoms with Crippen molar-refractivity contribution in [2.45, 2.75) is 64.5 Å². The fourth-order valence-corrected chi connectivity index (χ4v) is 2.90. The highest BCUT2D eigenvalue weighted by Crippen LogP contribution is 2.31. The molecule has 0 fully saturated rings. The third-order valence-electron chi connectivity index (χ3n) is 4.13. The van der Waals surface area contributed by atoms with Crippen LogP contribution in [0.2, 0.25) is 0 Å². The van der Waals surface area contributed by atoms with Gasteiger partial charge in [0, 0.05) is 6.04 Å². The number of unbranched alkanes of at least 4 members (excludes halogenated alkanes) is 1. The molecular weight excluding hydrogens is 314 g/mol. The molecule has 1 aromatic rings. The van der Waals surface area contributed by atoms with Crippen molar-refractivity contribution in [2.75, 3.05) is 6.61 Å². The van der Waals surface area contributed by atoms with Gasteiger partial charge in [-0.3, -0.25) is 0 Å². The molecule has 1 aliphatic carbocycles. The van der Waals surface area contributed by atoms with Crippen LogP contribution in [0, 0.1) is 0 Å². The van der Waals surface area contributed by atoms with Crippen LogP contribution in [0.25, 0.3) is 0 Å². The van der Waals surface area contributed by atoms with Crippen LogP contribution >= 0.6 is 12.4 Å². The molecule has 1 aromatic carbocycles. The van der Waals surface area contributed by atoms with Crippen molar-refractivity contribution in [3.8, 4) is 5.75 Å². The summed E-state index contributed by atoms with van der Waals surface area (Å²) in [7, 11) is 0. The Kier molecular flexibility index (Phi) is 8.42. The molecule has 2 N–H and O–H groups in total. The molecule has 0 aromatic heterocycles. The molecule has 2 unspecified atom stereocenters. The highest BCUT2D eigenvalue weighted by Gasteiger charge is 2.23. The molecule has 0 spiro atoms. The average Bonchev–Trinajstić information content (AvgIpc) is 2.52. The fourth-order valence-electron chi connectivity index (χ4n) is 2.90. The molecular formula is C18H28ClNO3. The third-order valence-corrected chi connectivity index (χ3v) is 4.13. The monoisotopic (exact) mass is 341 g/mol. The second-order valence-corrected chi connectivity index (χ2v) is 5.86. The molecule has 0 bridgehead atoms. The van der Waals surface area contributed by atoms with Crippen LogP contribution in [0.3, 0.4) is 0 Å². The van der Waals surface area contributed by atoms with E-state index in [2.05, 4.69) is 13.0 Å². The van der Waals surface area contributed by atoms with Crippen molar-refractivity contribution in [1.82, 2.24) is 0 Å². The first-order chi connectivity index (χ1) is 10.7. The van der Waals surface area contributed by atoms with Crippen LogP contribution in [0.5, 0.6) is 5.75 Å². The molecule has 2 rings (SSSR count). The summed E-state index contributed by atoms with van der Waals surface area (Å²) in [6.07, 6.45) is 5.32. The van der Waals surface area contributed by atoms with Gasteiger partial charge < -0.3 is 15.2 Å². The van der Waals surface area contributed by atoms with E-state index >= 15 is 0 Å². The predicted molar refractivity (Wildman–Crippen MR) is 94.1 cm³/mol. The van der Waals surface area contributed by atoms with E-state index in [-0.39, 0.29) is 24.4 Å². The lowest BCUT2D eigenvalue weighted by Crippen LogP contribution is -2.29. The summed E-state index contributed by atoms with van der Waals surface area (Å²) in [6, 6.07) is 6.09. The van der Waals surface area contributed by atoms with Crippen molar-refractivity contribution >= 4 is 18.4 Å². The number of rotatable bonds is 7. The highest BCUT2D eigenvalue weighted by molar-refractivity contribution is 5.85. The maximum absolute atomic E-state index is 12.0. The third kappa shape index (κ3) is 5.40. The Balaban J connectivity index is 0.00000264. The van der Waals surface area contributed by atoms with Gasteiger partial charge in [0.1, 0.15) is 5.75 Å². The second-order valence-electron chi connectivity index (χ2n) is 5.86. The van der Waals surface area contributed by atoms with Crippen LogP contribution in [0.4, 0.5) is 0 Å². The van der Waals surface area contributed by atoms with E-state index in [0.717, 1.165) is 37.7 Å². The summed E-state index contributed by atoms with van der Waals surface area (Å²) in [5, 5.41) is 0. The van der Waals surface area contributed by atoms with Crippen molar-refractivity contribution in [2.24, 2.45) is 5.73 Å². The number of aryl methyl sites for hydroxylation is 1. The Hall–Kier alpha value is -1.26.